The van der Waals surface area contributed by atoms with Gasteiger partial charge in [0, 0.05) is 25.0 Å². The van der Waals surface area contributed by atoms with E-state index in [1.165, 1.54) is 12.1 Å². The van der Waals surface area contributed by atoms with Gasteiger partial charge in [0.1, 0.15) is 11.6 Å². The molecule has 0 spiro atoms. The average Bonchev–Trinajstić information content (AvgIpc) is 2.97. The Morgan fingerprint density at radius 2 is 1.50 bits per heavy atom. The van der Waals surface area contributed by atoms with E-state index in [-0.39, 0.29) is 5.82 Å². The number of benzene rings is 3. The molecule has 0 amide bonds. The number of para-hydroxylation sites is 1. The van der Waals surface area contributed by atoms with Gasteiger partial charge >= 0.3 is 0 Å². The summed E-state index contributed by atoms with van der Waals surface area (Å²) in [4.78, 5) is 9.80. The molecule has 3 aromatic carbocycles. The van der Waals surface area contributed by atoms with Crippen molar-refractivity contribution in [3.8, 4) is 0 Å². The van der Waals surface area contributed by atoms with Gasteiger partial charge in [0.15, 0.2) is 0 Å². The molecule has 1 saturated carbocycles. The lowest BCUT2D eigenvalue weighted by molar-refractivity contribution is 0.284. The second-order valence-electron chi connectivity index (χ2n) is 10.6. The second-order valence-corrected chi connectivity index (χ2v) is 12.4. The lowest BCUT2D eigenvalue weighted by atomic mass is 9.82. The number of hydrogen-bond donors (Lipinski definition) is 3. The smallest absolute Gasteiger partial charge is 0.240 e. The molecule has 1 aliphatic rings. The number of anilines is 2. The molecular weight excluding hydrogens is 525 g/mol. The maximum Gasteiger partial charge on any atom is 0.240 e. The Morgan fingerprint density at radius 3 is 2.23 bits per heavy atom. The minimum Gasteiger partial charge on any atom is -0.369 e. The van der Waals surface area contributed by atoms with E-state index in [0.29, 0.717) is 35.8 Å². The van der Waals surface area contributed by atoms with Crippen molar-refractivity contribution in [1.29, 1.82) is 0 Å². The number of sulfonamides is 1. The van der Waals surface area contributed by atoms with Crippen LogP contribution in [0.2, 0.25) is 0 Å². The highest BCUT2D eigenvalue weighted by Gasteiger charge is 2.23. The van der Waals surface area contributed by atoms with E-state index in [1.807, 2.05) is 43.3 Å². The van der Waals surface area contributed by atoms with Crippen molar-refractivity contribution in [2.75, 3.05) is 30.3 Å². The van der Waals surface area contributed by atoms with Crippen LogP contribution in [-0.2, 0) is 16.4 Å². The number of hydrogen-bond acceptors (Lipinski definition) is 6. The zero-order valence-corrected chi connectivity index (χ0v) is 23.6. The number of aryl methyl sites for hydroxylation is 1. The largest absolute Gasteiger partial charge is 0.369 e. The fourth-order valence-electron chi connectivity index (χ4n) is 5.17. The van der Waals surface area contributed by atoms with Gasteiger partial charge in [0.05, 0.1) is 10.4 Å². The topological polar surface area (TPSA) is 96.0 Å². The van der Waals surface area contributed by atoms with Crippen LogP contribution in [-0.4, -0.2) is 38.0 Å². The van der Waals surface area contributed by atoms with Crippen LogP contribution in [0.4, 0.5) is 16.2 Å². The Labute approximate surface area is 235 Å². The minimum atomic E-state index is -3.48. The van der Waals surface area contributed by atoms with Gasteiger partial charge in [-0.25, -0.2) is 22.5 Å². The molecule has 0 bridgehead atoms. The van der Waals surface area contributed by atoms with Crippen molar-refractivity contribution in [1.82, 2.24) is 14.7 Å². The highest BCUT2D eigenvalue weighted by atomic mass is 32.2. The van der Waals surface area contributed by atoms with Crippen molar-refractivity contribution < 1.29 is 12.8 Å². The van der Waals surface area contributed by atoms with Crippen LogP contribution in [0.5, 0.6) is 0 Å². The fourth-order valence-corrected chi connectivity index (χ4v) is 6.29. The predicted octanol–water partition coefficient (Wildman–Crippen LogP) is 5.93. The predicted molar refractivity (Wildman–Crippen MR) is 158 cm³/mol. The molecule has 1 aliphatic carbocycles. The summed E-state index contributed by atoms with van der Waals surface area (Å²) in [6.45, 7) is 3.85. The van der Waals surface area contributed by atoms with Gasteiger partial charge < -0.3 is 10.6 Å². The van der Waals surface area contributed by atoms with Crippen molar-refractivity contribution in [2.24, 2.45) is 11.8 Å². The van der Waals surface area contributed by atoms with Crippen LogP contribution < -0.4 is 15.4 Å². The normalized spacial score (nSPS) is 17.6. The number of fused-ring (bicyclic) bond motifs is 1. The summed E-state index contributed by atoms with van der Waals surface area (Å²) in [5, 5.41) is 7.84. The lowest BCUT2D eigenvalue weighted by Gasteiger charge is -2.28. The molecule has 1 fully saturated rings. The molecule has 0 radical (unpaired) electrons. The summed E-state index contributed by atoms with van der Waals surface area (Å²) in [6.07, 6.45) is 4.78. The monoisotopic (exact) mass is 561 g/mol. The molecule has 5 rings (SSSR count). The third-order valence-corrected chi connectivity index (χ3v) is 9.07. The Hall–Kier alpha value is -3.56. The van der Waals surface area contributed by atoms with E-state index in [4.69, 9.17) is 9.97 Å². The maximum atomic E-state index is 13.2. The van der Waals surface area contributed by atoms with Gasteiger partial charge in [-0.1, -0.05) is 42.0 Å². The van der Waals surface area contributed by atoms with Gasteiger partial charge in [0.25, 0.3) is 0 Å². The number of halogens is 1. The highest BCUT2D eigenvalue weighted by Crippen LogP contribution is 2.29. The quantitative estimate of drug-likeness (QED) is 0.210. The van der Waals surface area contributed by atoms with Gasteiger partial charge in [0.2, 0.25) is 16.0 Å². The summed E-state index contributed by atoms with van der Waals surface area (Å²) in [5.74, 6) is 1.96. The van der Waals surface area contributed by atoms with E-state index >= 15 is 0 Å². The molecule has 0 saturated heterocycles. The summed E-state index contributed by atoms with van der Waals surface area (Å²) in [5.41, 5.74) is 2.97. The number of nitrogens with one attached hydrogen (secondary N) is 3. The van der Waals surface area contributed by atoms with Crippen LogP contribution >= 0.6 is 0 Å². The Bertz CT molecular complexity index is 1520. The third-order valence-electron chi connectivity index (χ3n) is 7.63. The zero-order valence-electron chi connectivity index (χ0n) is 22.7. The molecular formula is C31H36FN5O2S. The first kappa shape index (κ1) is 28.0. The highest BCUT2D eigenvalue weighted by molar-refractivity contribution is 7.89. The Kier molecular flexibility index (Phi) is 8.91. The molecule has 1 heterocycles. The average molecular weight is 562 g/mol. The summed E-state index contributed by atoms with van der Waals surface area (Å²) in [7, 11) is -3.48. The van der Waals surface area contributed by atoms with Crippen LogP contribution in [0.3, 0.4) is 0 Å². The first-order valence-corrected chi connectivity index (χ1v) is 15.4. The second kappa shape index (κ2) is 12.7. The standard InChI is InChI=1S/C31H36FN5O2S/c1-22-6-16-27(17-7-22)40(38,39)35-21-25-10-8-24(9-11-25)20-34-31-36-29-5-3-2-4-28(29)30(37-31)33-19-18-23-12-14-26(32)15-13-23/h2-7,12-17,24-25,35H,8-11,18-21H2,1H3,(H2,33,34,36,37)/t24-,25-. The Morgan fingerprint density at radius 1 is 0.825 bits per heavy atom. The molecule has 7 nitrogen and oxygen atoms in total. The molecule has 0 atom stereocenters. The fraction of sp³-hybridized carbons (Fsp3) is 0.355. The van der Waals surface area contributed by atoms with Gasteiger partial charge in [-0.3, -0.25) is 0 Å². The van der Waals surface area contributed by atoms with Crippen molar-refractivity contribution in [2.45, 2.75) is 43.9 Å². The summed E-state index contributed by atoms with van der Waals surface area (Å²) >= 11 is 0. The molecule has 40 heavy (non-hydrogen) atoms. The molecule has 210 valence electrons. The van der Waals surface area contributed by atoms with Crippen molar-refractivity contribution in [3.63, 3.8) is 0 Å². The van der Waals surface area contributed by atoms with Gasteiger partial charge in [-0.15, -0.1) is 0 Å². The zero-order chi connectivity index (χ0) is 28.0. The van der Waals surface area contributed by atoms with Gasteiger partial charge in [-0.2, -0.15) is 4.98 Å². The number of rotatable bonds is 11. The first-order valence-electron chi connectivity index (χ1n) is 13.9. The van der Waals surface area contributed by atoms with E-state index in [2.05, 4.69) is 15.4 Å². The van der Waals surface area contributed by atoms with E-state index < -0.39 is 10.0 Å². The minimum absolute atomic E-state index is 0.231. The number of nitrogens with zero attached hydrogens (tertiary/aromatic N) is 2. The van der Waals surface area contributed by atoms with Crippen LogP contribution in [0.1, 0.15) is 36.8 Å². The van der Waals surface area contributed by atoms with E-state index in [1.54, 1.807) is 24.3 Å². The molecule has 9 heteroatoms. The van der Waals surface area contributed by atoms with Gasteiger partial charge in [-0.05, 0) is 92.8 Å². The number of aromatic nitrogens is 2. The van der Waals surface area contributed by atoms with E-state index in [0.717, 1.165) is 66.5 Å². The van der Waals surface area contributed by atoms with Crippen molar-refractivity contribution in [3.05, 3.63) is 89.7 Å². The third kappa shape index (κ3) is 7.34. The SMILES string of the molecule is Cc1ccc(S(=O)(=O)NC[C@H]2CC[C@H](CNc3nc(NCCc4ccc(F)cc4)c4ccccc4n3)CC2)cc1. The maximum absolute atomic E-state index is 13.2. The van der Waals surface area contributed by atoms with Crippen molar-refractivity contribution >= 4 is 32.7 Å². The lowest BCUT2D eigenvalue weighted by Crippen LogP contribution is -2.32. The molecule has 4 aromatic rings. The summed E-state index contributed by atoms with van der Waals surface area (Å²) in [6, 6.07) is 21.4. The van der Waals surface area contributed by atoms with E-state index in [9.17, 15) is 12.8 Å². The summed E-state index contributed by atoms with van der Waals surface area (Å²) < 4.78 is 41.3. The van der Waals surface area contributed by atoms with Crippen LogP contribution in [0.25, 0.3) is 10.9 Å². The molecule has 3 N–H and O–H groups in total. The molecule has 0 unspecified atom stereocenters. The van der Waals surface area contributed by atoms with Crippen LogP contribution in [0.15, 0.2) is 77.7 Å². The Balaban J connectivity index is 1.12. The first-order chi connectivity index (χ1) is 19.4. The molecule has 1 aromatic heterocycles. The van der Waals surface area contributed by atoms with Crippen LogP contribution in [0, 0.1) is 24.6 Å². The molecule has 0 aliphatic heterocycles.